The van der Waals surface area contributed by atoms with Gasteiger partial charge in [-0.3, -0.25) is 4.79 Å². The minimum absolute atomic E-state index is 0.0632. The van der Waals surface area contributed by atoms with Gasteiger partial charge in [-0.05, 0) is 30.9 Å². The molecule has 3 aromatic carbocycles. The number of nitrogens with one attached hydrogen (secondary N) is 1. The van der Waals surface area contributed by atoms with Crippen molar-refractivity contribution < 1.29 is 4.79 Å². The summed E-state index contributed by atoms with van der Waals surface area (Å²) in [6.07, 6.45) is 0. The molecule has 0 radical (unpaired) electrons. The molecule has 1 amide bonds. The van der Waals surface area contributed by atoms with Crippen LogP contribution in [0.1, 0.15) is 12.5 Å². The van der Waals surface area contributed by atoms with E-state index in [0.717, 1.165) is 33.4 Å². The third kappa shape index (κ3) is 3.89. The van der Waals surface area contributed by atoms with E-state index in [-0.39, 0.29) is 11.2 Å². The number of anilines is 1. The molecule has 0 saturated carbocycles. The van der Waals surface area contributed by atoms with Crippen LogP contribution >= 0.6 is 11.8 Å². The Morgan fingerprint density at radius 3 is 2.55 bits per heavy atom. The molecule has 1 heterocycles. The standard InChI is InChI=1S/C23H22N4OS/c1-15-9-4-6-12-18(15)21-25-26-23(27(21)3)29-16(2)22(28)24-20-14-8-11-17-10-5-7-13-19(17)20/h4-14,16H,1-3H3,(H,24,28)/t16-/m1/s1. The molecule has 0 aliphatic carbocycles. The Bertz CT molecular complexity index is 1180. The number of aromatic nitrogens is 3. The average Bonchev–Trinajstić information content (AvgIpc) is 3.08. The fourth-order valence-electron chi connectivity index (χ4n) is 3.26. The van der Waals surface area contributed by atoms with Crippen LogP contribution in [0.15, 0.2) is 71.9 Å². The first kappa shape index (κ1) is 19.2. The summed E-state index contributed by atoms with van der Waals surface area (Å²) >= 11 is 1.40. The minimum Gasteiger partial charge on any atom is -0.325 e. The predicted molar refractivity (Wildman–Crippen MR) is 119 cm³/mol. The maximum absolute atomic E-state index is 12.8. The highest BCUT2D eigenvalue weighted by Gasteiger charge is 2.20. The summed E-state index contributed by atoms with van der Waals surface area (Å²) < 4.78 is 1.94. The number of carbonyl (C=O) groups is 1. The molecule has 5 nitrogen and oxygen atoms in total. The van der Waals surface area contributed by atoms with E-state index < -0.39 is 0 Å². The van der Waals surface area contributed by atoms with Gasteiger partial charge in [0.15, 0.2) is 11.0 Å². The second-order valence-electron chi connectivity index (χ2n) is 6.96. The van der Waals surface area contributed by atoms with Gasteiger partial charge < -0.3 is 9.88 Å². The molecular weight excluding hydrogens is 380 g/mol. The normalized spacial score (nSPS) is 12.1. The van der Waals surface area contributed by atoms with E-state index in [9.17, 15) is 4.79 Å². The summed E-state index contributed by atoms with van der Waals surface area (Å²) in [7, 11) is 1.93. The van der Waals surface area contributed by atoms with Gasteiger partial charge in [-0.25, -0.2) is 0 Å². The first-order valence-electron chi connectivity index (χ1n) is 9.45. The highest BCUT2D eigenvalue weighted by Crippen LogP contribution is 2.29. The fraction of sp³-hybridized carbons (Fsp3) is 0.174. The maximum Gasteiger partial charge on any atom is 0.237 e. The first-order chi connectivity index (χ1) is 14.0. The molecular formula is C23H22N4OS. The maximum atomic E-state index is 12.8. The van der Waals surface area contributed by atoms with E-state index in [1.54, 1.807) is 0 Å². The van der Waals surface area contributed by atoms with Crippen molar-refractivity contribution in [2.24, 2.45) is 7.05 Å². The number of aryl methyl sites for hydroxylation is 1. The molecule has 0 aliphatic rings. The number of nitrogens with zero attached hydrogens (tertiary/aromatic N) is 3. The number of thioether (sulfide) groups is 1. The molecule has 0 aliphatic heterocycles. The topological polar surface area (TPSA) is 59.8 Å². The lowest BCUT2D eigenvalue weighted by molar-refractivity contribution is -0.115. The van der Waals surface area contributed by atoms with Gasteiger partial charge in [0.25, 0.3) is 0 Å². The number of rotatable bonds is 5. The Hall–Kier alpha value is -3.12. The molecule has 1 atom stereocenters. The van der Waals surface area contributed by atoms with E-state index in [2.05, 4.69) is 28.5 Å². The van der Waals surface area contributed by atoms with Crippen LogP contribution in [0.3, 0.4) is 0 Å². The largest absolute Gasteiger partial charge is 0.325 e. The summed E-state index contributed by atoms with van der Waals surface area (Å²) in [5, 5.41) is 14.2. The molecule has 4 rings (SSSR count). The number of hydrogen-bond acceptors (Lipinski definition) is 4. The van der Waals surface area contributed by atoms with Crippen LogP contribution in [0.4, 0.5) is 5.69 Å². The highest BCUT2D eigenvalue weighted by atomic mass is 32.2. The Morgan fingerprint density at radius 2 is 1.72 bits per heavy atom. The van der Waals surface area contributed by atoms with Crippen LogP contribution in [0, 0.1) is 6.92 Å². The molecule has 1 N–H and O–H groups in total. The van der Waals surface area contributed by atoms with Crippen LogP contribution in [0.2, 0.25) is 0 Å². The predicted octanol–water partition coefficient (Wildman–Crippen LogP) is 5.06. The summed E-state index contributed by atoms with van der Waals surface area (Å²) in [4.78, 5) is 12.8. The van der Waals surface area contributed by atoms with Crippen molar-refractivity contribution in [3.8, 4) is 11.4 Å². The van der Waals surface area contributed by atoms with Crippen molar-refractivity contribution >= 4 is 34.1 Å². The Kier molecular flexibility index (Phi) is 5.36. The van der Waals surface area contributed by atoms with Gasteiger partial charge in [0.05, 0.1) is 5.25 Å². The monoisotopic (exact) mass is 402 g/mol. The average molecular weight is 403 g/mol. The molecule has 146 valence electrons. The molecule has 0 spiro atoms. The number of hydrogen-bond donors (Lipinski definition) is 1. The second-order valence-corrected chi connectivity index (χ2v) is 8.26. The number of carbonyl (C=O) groups excluding carboxylic acids is 1. The molecule has 0 fully saturated rings. The van der Waals surface area contributed by atoms with Crippen molar-refractivity contribution in [2.75, 3.05) is 5.32 Å². The molecule has 0 saturated heterocycles. The van der Waals surface area contributed by atoms with Crippen molar-refractivity contribution in [1.29, 1.82) is 0 Å². The van der Waals surface area contributed by atoms with E-state index in [4.69, 9.17) is 0 Å². The lowest BCUT2D eigenvalue weighted by Gasteiger charge is -2.13. The van der Waals surface area contributed by atoms with Crippen LogP contribution < -0.4 is 5.32 Å². The molecule has 6 heteroatoms. The quantitative estimate of drug-likeness (QED) is 0.474. The smallest absolute Gasteiger partial charge is 0.237 e. The van der Waals surface area contributed by atoms with Crippen molar-refractivity contribution in [1.82, 2.24) is 14.8 Å². The molecule has 1 aromatic heterocycles. The fourth-order valence-corrected chi connectivity index (χ4v) is 4.07. The molecule has 0 unspecified atom stereocenters. The van der Waals surface area contributed by atoms with Crippen LogP contribution in [0.25, 0.3) is 22.2 Å². The zero-order valence-corrected chi connectivity index (χ0v) is 17.4. The van der Waals surface area contributed by atoms with Gasteiger partial charge in [0.2, 0.25) is 5.91 Å². The van der Waals surface area contributed by atoms with Gasteiger partial charge >= 0.3 is 0 Å². The van der Waals surface area contributed by atoms with Crippen molar-refractivity contribution in [2.45, 2.75) is 24.3 Å². The van der Waals surface area contributed by atoms with Gasteiger partial charge in [0, 0.05) is 23.7 Å². The van der Waals surface area contributed by atoms with Gasteiger partial charge in [-0.15, -0.1) is 10.2 Å². The highest BCUT2D eigenvalue weighted by molar-refractivity contribution is 8.00. The summed E-state index contributed by atoms with van der Waals surface area (Å²) in [6, 6.07) is 22.0. The Labute approximate surface area is 174 Å². The lowest BCUT2D eigenvalue weighted by Crippen LogP contribution is -2.23. The van der Waals surface area contributed by atoms with E-state index >= 15 is 0 Å². The van der Waals surface area contributed by atoms with E-state index in [1.165, 1.54) is 11.8 Å². The third-order valence-electron chi connectivity index (χ3n) is 4.92. The number of fused-ring (bicyclic) bond motifs is 1. The van der Waals surface area contributed by atoms with Crippen LogP contribution in [-0.2, 0) is 11.8 Å². The Balaban J connectivity index is 1.52. The minimum atomic E-state index is -0.318. The summed E-state index contributed by atoms with van der Waals surface area (Å²) in [5.41, 5.74) is 3.00. The van der Waals surface area contributed by atoms with E-state index in [1.807, 2.05) is 79.2 Å². The summed E-state index contributed by atoms with van der Waals surface area (Å²) in [6.45, 7) is 3.93. The Morgan fingerprint density at radius 1 is 1.00 bits per heavy atom. The number of benzene rings is 3. The van der Waals surface area contributed by atoms with Crippen LogP contribution in [-0.4, -0.2) is 25.9 Å². The molecule has 4 aromatic rings. The summed E-state index contributed by atoms with van der Waals surface area (Å²) in [5.74, 6) is 0.735. The molecule has 0 bridgehead atoms. The zero-order valence-electron chi connectivity index (χ0n) is 16.6. The number of amides is 1. The first-order valence-corrected chi connectivity index (χ1v) is 10.3. The lowest BCUT2D eigenvalue weighted by atomic mass is 10.1. The van der Waals surface area contributed by atoms with Crippen LogP contribution in [0.5, 0.6) is 0 Å². The van der Waals surface area contributed by atoms with Gasteiger partial charge in [-0.2, -0.15) is 0 Å². The van der Waals surface area contributed by atoms with E-state index in [0.29, 0.717) is 5.16 Å². The third-order valence-corrected chi connectivity index (χ3v) is 6.05. The van der Waals surface area contributed by atoms with Gasteiger partial charge in [-0.1, -0.05) is 72.4 Å². The van der Waals surface area contributed by atoms with Gasteiger partial charge in [0.1, 0.15) is 0 Å². The van der Waals surface area contributed by atoms with Crippen molar-refractivity contribution in [3.63, 3.8) is 0 Å². The molecule has 29 heavy (non-hydrogen) atoms. The van der Waals surface area contributed by atoms with Crippen molar-refractivity contribution in [3.05, 3.63) is 72.3 Å². The second kappa shape index (κ2) is 8.09. The zero-order chi connectivity index (χ0) is 20.4. The SMILES string of the molecule is Cc1ccccc1-c1nnc(S[C@H](C)C(=O)Nc2cccc3ccccc23)n1C.